The molecule has 0 saturated heterocycles. The van der Waals surface area contributed by atoms with E-state index in [9.17, 15) is 4.79 Å². The zero-order valence-corrected chi connectivity index (χ0v) is 10.1. The van der Waals surface area contributed by atoms with Crippen molar-refractivity contribution in [1.82, 2.24) is 0 Å². The molecule has 2 N–H and O–H groups in total. The third-order valence-corrected chi connectivity index (χ3v) is 2.79. The van der Waals surface area contributed by atoms with E-state index in [0.717, 1.165) is 12.8 Å². The molecule has 88 valence electrons. The molecular formula is C12H23NO2. The van der Waals surface area contributed by atoms with E-state index in [1.54, 1.807) is 0 Å². The van der Waals surface area contributed by atoms with E-state index in [4.69, 9.17) is 10.5 Å². The predicted molar refractivity (Wildman–Crippen MR) is 60.4 cm³/mol. The Morgan fingerprint density at radius 2 is 2.13 bits per heavy atom. The van der Waals surface area contributed by atoms with Crippen molar-refractivity contribution in [3.63, 3.8) is 0 Å². The van der Waals surface area contributed by atoms with Crippen LogP contribution in [0.2, 0.25) is 0 Å². The zero-order valence-electron chi connectivity index (χ0n) is 10.1. The Kier molecular flexibility index (Phi) is 4.14. The second-order valence-electron chi connectivity index (χ2n) is 5.55. The maximum absolute atomic E-state index is 11.5. The van der Waals surface area contributed by atoms with Crippen LogP contribution in [-0.2, 0) is 9.53 Å². The molecule has 0 radical (unpaired) electrons. The van der Waals surface area contributed by atoms with Gasteiger partial charge >= 0.3 is 5.97 Å². The molecule has 0 aliphatic heterocycles. The van der Waals surface area contributed by atoms with Crippen molar-refractivity contribution in [3.8, 4) is 0 Å². The molecule has 1 aliphatic carbocycles. The van der Waals surface area contributed by atoms with Crippen molar-refractivity contribution in [2.75, 3.05) is 0 Å². The molecular weight excluding hydrogens is 190 g/mol. The van der Waals surface area contributed by atoms with Gasteiger partial charge in [-0.2, -0.15) is 0 Å². The maximum Gasteiger partial charge on any atom is 0.307 e. The molecule has 2 unspecified atom stereocenters. The minimum absolute atomic E-state index is 0.128. The van der Waals surface area contributed by atoms with E-state index in [0.29, 0.717) is 12.3 Å². The van der Waals surface area contributed by atoms with Crippen molar-refractivity contribution in [3.05, 3.63) is 0 Å². The average molecular weight is 213 g/mol. The molecule has 0 amide bonds. The first kappa shape index (κ1) is 12.5. The number of esters is 1. The molecule has 1 fully saturated rings. The molecule has 0 heterocycles. The Balaban J connectivity index is 2.31. The molecule has 0 bridgehead atoms. The Hall–Kier alpha value is -0.570. The molecule has 3 nitrogen and oxygen atoms in total. The average Bonchev–Trinajstić information content (AvgIpc) is 1.99. The lowest BCUT2D eigenvalue weighted by Crippen LogP contribution is -2.36. The van der Waals surface area contributed by atoms with Crippen molar-refractivity contribution >= 4 is 5.97 Å². The van der Waals surface area contributed by atoms with Crippen molar-refractivity contribution in [2.24, 2.45) is 11.7 Å². The second-order valence-corrected chi connectivity index (χ2v) is 5.55. The van der Waals surface area contributed by atoms with E-state index >= 15 is 0 Å². The van der Waals surface area contributed by atoms with E-state index in [2.05, 4.69) is 6.92 Å². The van der Waals surface area contributed by atoms with Gasteiger partial charge < -0.3 is 10.5 Å². The van der Waals surface area contributed by atoms with Gasteiger partial charge in [0.2, 0.25) is 0 Å². The first-order valence-corrected chi connectivity index (χ1v) is 5.85. The quantitative estimate of drug-likeness (QED) is 0.731. The normalized spacial score (nSPS) is 27.5. The number of carbonyl (C=O) groups is 1. The van der Waals surface area contributed by atoms with E-state index < -0.39 is 5.54 Å². The fraction of sp³-hybridized carbons (Fsp3) is 0.917. The van der Waals surface area contributed by atoms with Crippen molar-refractivity contribution in [1.29, 1.82) is 0 Å². The summed E-state index contributed by atoms with van der Waals surface area (Å²) in [5.74, 6) is 0.532. The fourth-order valence-corrected chi connectivity index (χ4v) is 2.09. The summed E-state index contributed by atoms with van der Waals surface area (Å²) in [6.45, 7) is 5.91. The van der Waals surface area contributed by atoms with Crippen LogP contribution in [-0.4, -0.2) is 17.6 Å². The first-order chi connectivity index (χ1) is 6.87. The highest BCUT2D eigenvalue weighted by Gasteiger charge is 2.24. The van der Waals surface area contributed by atoms with Crippen LogP contribution in [0.15, 0.2) is 0 Å². The van der Waals surface area contributed by atoms with Gasteiger partial charge in [-0.15, -0.1) is 0 Å². The van der Waals surface area contributed by atoms with Gasteiger partial charge in [-0.25, -0.2) is 0 Å². The third kappa shape index (κ3) is 5.17. The van der Waals surface area contributed by atoms with Gasteiger partial charge in [0.15, 0.2) is 0 Å². The molecule has 1 saturated carbocycles. The zero-order chi connectivity index (χ0) is 11.5. The fourth-order valence-electron chi connectivity index (χ4n) is 2.09. The van der Waals surface area contributed by atoms with Crippen LogP contribution in [0, 0.1) is 5.92 Å². The minimum Gasteiger partial charge on any atom is -0.462 e. The minimum atomic E-state index is -0.461. The van der Waals surface area contributed by atoms with Crippen LogP contribution in [0.3, 0.4) is 0 Å². The lowest BCUT2D eigenvalue weighted by Gasteiger charge is -2.27. The molecule has 2 atom stereocenters. The highest BCUT2D eigenvalue weighted by Crippen LogP contribution is 2.26. The molecule has 3 heteroatoms. The molecule has 0 aromatic carbocycles. The van der Waals surface area contributed by atoms with E-state index in [1.165, 1.54) is 12.8 Å². The van der Waals surface area contributed by atoms with E-state index in [-0.39, 0.29) is 12.1 Å². The van der Waals surface area contributed by atoms with Gasteiger partial charge in [0.05, 0.1) is 6.42 Å². The molecule has 15 heavy (non-hydrogen) atoms. The van der Waals surface area contributed by atoms with Gasteiger partial charge in [0.1, 0.15) is 6.10 Å². The lowest BCUT2D eigenvalue weighted by molar-refractivity contribution is -0.152. The third-order valence-electron chi connectivity index (χ3n) is 2.79. The second kappa shape index (κ2) is 4.97. The summed E-state index contributed by atoms with van der Waals surface area (Å²) in [6.07, 6.45) is 4.89. The van der Waals surface area contributed by atoms with Crippen molar-refractivity contribution in [2.45, 2.75) is 64.5 Å². The summed E-state index contributed by atoms with van der Waals surface area (Å²) in [5.41, 5.74) is 5.31. The molecule has 1 aliphatic rings. The largest absolute Gasteiger partial charge is 0.462 e. The van der Waals surface area contributed by atoms with Crippen LogP contribution in [0.5, 0.6) is 0 Å². The predicted octanol–water partition coefficient (Wildman–Crippen LogP) is 2.24. The monoisotopic (exact) mass is 213 g/mol. The number of ether oxygens (including phenoxy) is 1. The van der Waals surface area contributed by atoms with Crippen LogP contribution >= 0.6 is 0 Å². The number of nitrogens with two attached hydrogens (primary N) is 1. The first-order valence-electron chi connectivity index (χ1n) is 5.85. The molecule has 1 rings (SSSR count). The number of rotatable bonds is 3. The summed E-state index contributed by atoms with van der Waals surface area (Å²) in [5, 5.41) is 0. The van der Waals surface area contributed by atoms with Gasteiger partial charge in [-0.1, -0.05) is 13.3 Å². The number of hydrogen-bond acceptors (Lipinski definition) is 3. The van der Waals surface area contributed by atoms with Gasteiger partial charge in [-0.3, -0.25) is 4.79 Å². The van der Waals surface area contributed by atoms with Gasteiger partial charge in [0.25, 0.3) is 0 Å². The number of carbonyl (C=O) groups excluding carboxylic acids is 1. The summed E-state index contributed by atoms with van der Waals surface area (Å²) in [6, 6.07) is 0. The van der Waals surface area contributed by atoms with Crippen LogP contribution in [0.1, 0.15) is 52.9 Å². The maximum atomic E-state index is 11.5. The van der Waals surface area contributed by atoms with E-state index in [1.807, 2.05) is 13.8 Å². The molecule has 0 spiro atoms. The summed E-state index contributed by atoms with van der Waals surface area (Å²) in [4.78, 5) is 11.5. The number of hydrogen-bond donors (Lipinski definition) is 1. The Morgan fingerprint density at radius 3 is 2.67 bits per heavy atom. The van der Waals surface area contributed by atoms with Crippen LogP contribution in [0.4, 0.5) is 0 Å². The van der Waals surface area contributed by atoms with Crippen molar-refractivity contribution < 1.29 is 9.53 Å². The van der Waals surface area contributed by atoms with Gasteiger partial charge in [0, 0.05) is 5.54 Å². The Bertz CT molecular complexity index is 220. The molecule has 0 aromatic heterocycles. The topological polar surface area (TPSA) is 52.3 Å². The van der Waals surface area contributed by atoms with Crippen LogP contribution < -0.4 is 5.73 Å². The Labute approximate surface area is 92.4 Å². The standard InChI is InChI=1S/C12H23NO2/c1-9-5-4-6-10(7-9)15-11(14)8-12(2,3)13/h9-10H,4-8,13H2,1-3H3. The Morgan fingerprint density at radius 1 is 1.47 bits per heavy atom. The highest BCUT2D eigenvalue weighted by molar-refractivity contribution is 5.70. The van der Waals surface area contributed by atoms with Crippen LogP contribution in [0.25, 0.3) is 0 Å². The summed E-state index contributed by atoms with van der Waals surface area (Å²) < 4.78 is 5.42. The summed E-state index contributed by atoms with van der Waals surface area (Å²) >= 11 is 0. The smallest absolute Gasteiger partial charge is 0.307 e. The SMILES string of the molecule is CC1CCCC(OC(=O)CC(C)(C)N)C1. The summed E-state index contributed by atoms with van der Waals surface area (Å²) in [7, 11) is 0. The van der Waals surface area contributed by atoms with Gasteiger partial charge in [-0.05, 0) is 39.0 Å². The highest BCUT2D eigenvalue weighted by atomic mass is 16.5. The lowest BCUT2D eigenvalue weighted by atomic mass is 9.88. The molecule has 0 aromatic rings.